The number of carbonyl (C=O) groups excluding carboxylic acids is 1. The van der Waals surface area contributed by atoms with Gasteiger partial charge in [0.05, 0.1) is 4.90 Å². The summed E-state index contributed by atoms with van der Waals surface area (Å²) in [5, 5.41) is 0. The fourth-order valence-corrected chi connectivity index (χ4v) is 3.89. The molecule has 0 bridgehead atoms. The summed E-state index contributed by atoms with van der Waals surface area (Å²) in [5.41, 5.74) is 3.15. The monoisotopic (exact) mass is 411 g/mol. The van der Waals surface area contributed by atoms with Crippen molar-refractivity contribution in [3.8, 4) is 0 Å². The largest absolute Gasteiger partial charge is 0.459 e. The predicted molar refractivity (Wildman–Crippen MR) is 116 cm³/mol. The Morgan fingerprint density at radius 2 is 1.52 bits per heavy atom. The van der Waals surface area contributed by atoms with Crippen LogP contribution in [0.15, 0.2) is 66.1 Å². The van der Waals surface area contributed by atoms with Crippen molar-refractivity contribution in [2.75, 3.05) is 24.2 Å². The van der Waals surface area contributed by atoms with E-state index in [4.69, 9.17) is 4.74 Å². The third kappa shape index (κ3) is 5.81. The van der Waals surface area contributed by atoms with Crippen molar-refractivity contribution in [3.63, 3.8) is 0 Å². The number of sulfone groups is 1. The zero-order valence-corrected chi connectivity index (χ0v) is 17.3. The number of anilines is 1. The first kappa shape index (κ1) is 20.9. The minimum Gasteiger partial charge on any atom is -0.459 e. The highest BCUT2D eigenvalue weighted by atomic mass is 32.2. The predicted octanol–water partition coefficient (Wildman–Crippen LogP) is 3.96. The molecule has 1 aliphatic heterocycles. The highest BCUT2D eigenvalue weighted by Gasteiger charge is 2.21. The number of hydrogen-bond acceptors (Lipinski definition) is 5. The molecule has 0 atom stereocenters. The van der Waals surface area contributed by atoms with Gasteiger partial charge in [-0.2, -0.15) is 0 Å². The second kappa shape index (κ2) is 9.09. The van der Waals surface area contributed by atoms with Gasteiger partial charge in [-0.15, -0.1) is 0 Å². The van der Waals surface area contributed by atoms with E-state index in [0.717, 1.165) is 42.7 Å². The van der Waals surface area contributed by atoms with Crippen molar-refractivity contribution in [1.82, 2.24) is 0 Å². The molecule has 0 unspecified atom stereocenters. The number of hydrogen-bond donors (Lipinski definition) is 0. The third-order valence-electron chi connectivity index (χ3n) is 4.93. The lowest BCUT2D eigenvalue weighted by atomic mass is 10.1. The second-order valence-electron chi connectivity index (χ2n) is 7.09. The molecule has 5 nitrogen and oxygen atoms in total. The SMILES string of the molecule is C=CC(=O)OC1CCN(c2ccc(C=Cc3ccc(S(C)(=O)=O)cc3)cc2)CC1. The number of nitrogens with zero attached hydrogens (tertiary/aromatic N) is 1. The molecule has 1 aliphatic rings. The van der Waals surface area contributed by atoms with Gasteiger partial charge in [-0.1, -0.05) is 43.0 Å². The summed E-state index contributed by atoms with van der Waals surface area (Å²) in [6, 6.07) is 15.1. The van der Waals surface area contributed by atoms with Crippen LogP contribution >= 0.6 is 0 Å². The maximum atomic E-state index is 11.5. The fourth-order valence-electron chi connectivity index (χ4n) is 3.26. The molecule has 152 valence electrons. The molecule has 2 aromatic rings. The van der Waals surface area contributed by atoms with Crippen LogP contribution in [0.3, 0.4) is 0 Å². The highest BCUT2D eigenvalue weighted by molar-refractivity contribution is 7.90. The minimum absolute atomic E-state index is 0.0342. The molecule has 0 N–H and O–H groups in total. The highest BCUT2D eigenvalue weighted by Crippen LogP contribution is 2.23. The Labute approximate surface area is 172 Å². The van der Waals surface area contributed by atoms with Crippen molar-refractivity contribution in [1.29, 1.82) is 0 Å². The van der Waals surface area contributed by atoms with Gasteiger partial charge in [0.15, 0.2) is 9.84 Å². The summed E-state index contributed by atoms with van der Waals surface area (Å²) in [6.45, 7) is 5.12. The summed E-state index contributed by atoms with van der Waals surface area (Å²) in [4.78, 5) is 13.9. The van der Waals surface area contributed by atoms with Crippen LogP contribution in [0, 0.1) is 0 Å². The lowest BCUT2D eigenvalue weighted by Gasteiger charge is -2.33. The van der Waals surface area contributed by atoms with Crippen LogP contribution in [-0.2, 0) is 19.4 Å². The summed E-state index contributed by atoms with van der Waals surface area (Å²) >= 11 is 0. The Kier molecular flexibility index (Phi) is 6.54. The van der Waals surface area contributed by atoms with Gasteiger partial charge in [-0.25, -0.2) is 13.2 Å². The number of ether oxygens (including phenoxy) is 1. The molecule has 0 amide bonds. The molecule has 1 saturated heterocycles. The van der Waals surface area contributed by atoms with Gasteiger partial charge in [-0.3, -0.25) is 0 Å². The van der Waals surface area contributed by atoms with Gasteiger partial charge in [0.1, 0.15) is 6.10 Å². The van der Waals surface area contributed by atoms with Crippen molar-refractivity contribution in [3.05, 3.63) is 72.3 Å². The smallest absolute Gasteiger partial charge is 0.330 e. The van der Waals surface area contributed by atoms with Crippen LogP contribution in [0.5, 0.6) is 0 Å². The number of benzene rings is 2. The van der Waals surface area contributed by atoms with Gasteiger partial charge >= 0.3 is 5.97 Å². The molecular weight excluding hydrogens is 386 g/mol. The molecule has 1 fully saturated rings. The molecule has 29 heavy (non-hydrogen) atoms. The van der Waals surface area contributed by atoms with E-state index in [1.165, 1.54) is 12.3 Å². The maximum absolute atomic E-state index is 11.5. The van der Waals surface area contributed by atoms with E-state index in [-0.39, 0.29) is 12.1 Å². The molecule has 1 heterocycles. The van der Waals surface area contributed by atoms with Crippen molar-refractivity contribution < 1.29 is 17.9 Å². The molecule has 3 rings (SSSR count). The molecular formula is C23H25NO4S. The summed E-state index contributed by atoms with van der Waals surface area (Å²) < 4.78 is 28.4. The van der Waals surface area contributed by atoms with Gasteiger partial charge < -0.3 is 9.64 Å². The Balaban J connectivity index is 1.57. The molecule has 6 heteroatoms. The van der Waals surface area contributed by atoms with Crippen LogP contribution in [-0.4, -0.2) is 39.8 Å². The maximum Gasteiger partial charge on any atom is 0.330 e. The van der Waals surface area contributed by atoms with Gasteiger partial charge in [-0.05, 0) is 35.4 Å². The van der Waals surface area contributed by atoms with Crippen LogP contribution in [0.1, 0.15) is 24.0 Å². The Morgan fingerprint density at radius 1 is 1.00 bits per heavy atom. The zero-order chi connectivity index (χ0) is 20.9. The van der Waals surface area contributed by atoms with Crippen LogP contribution < -0.4 is 4.90 Å². The first-order valence-electron chi connectivity index (χ1n) is 9.51. The first-order chi connectivity index (χ1) is 13.8. The molecule has 0 radical (unpaired) electrons. The van der Waals surface area contributed by atoms with Gasteiger partial charge in [0, 0.05) is 44.0 Å². The molecule has 2 aromatic carbocycles. The van der Waals surface area contributed by atoms with Crippen molar-refractivity contribution in [2.24, 2.45) is 0 Å². The van der Waals surface area contributed by atoms with Crippen molar-refractivity contribution >= 4 is 33.6 Å². The number of esters is 1. The number of carbonyl (C=O) groups is 1. The Morgan fingerprint density at radius 3 is 2.00 bits per heavy atom. The third-order valence-corrected chi connectivity index (χ3v) is 6.05. The molecule has 0 aliphatic carbocycles. The van der Waals surface area contributed by atoms with E-state index in [9.17, 15) is 13.2 Å². The standard InChI is InChI=1S/C23H25NO4S/c1-3-23(25)28-21-14-16-24(17-15-21)20-10-6-18(7-11-20)4-5-19-8-12-22(13-9-19)29(2,26)27/h3-13,21H,1,14-17H2,2H3. The van der Waals surface area contributed by atoms with E-state index in [1.807, 2.05) is 12.2 Å². The fraction of sp³-hybridized carbons (Fsp3) is 0.261. The number of piperidine rings is 1. The molecule has 0 spiro atoms. The van der Waals surface area contributed by atoms with E-state index >= 15 is 0 Å². The summed E-state index contributed by atoms with van der Waals surface area (Å²) in [6.07, 6.45) is 7.96. The molecule has 0 aromatic heterocycles. The lowest BCUT2D eigenvalue weighted by molar-refractivity contribution is -0.143. The second-order valence-corrected chi connectivity index (χ2v) is 9.11. The first-order valence-corrected chi connectivity index (χ1v) is 11.4. The lowest BCUT2D eigenvalue weighted by Crippen LogP contribution is -2.37. The minimum atomic E-state index is -3.17. The summed E-state index contributed by atoms with van der Waals surface area (Å²) in [5.74, 6) is -0.356. The van der Waals surface area contributed by atoms with E-state index in [0.29, 0.717) is 4.90 Å². The van der Waals surface area contributed by atoms with E-state index in [1.54, 1.807) is 24.3 Å². The topological polar surface area (TPSA) is 63.7 Å². The van der Waals surface area contributed by atoms with Crippen LogP contribution in [0.25, 0.3) is 12.2 Å². The summed E-state index contributed by atoms with van der Waals surface area (Å²) in [7, 11) is -3.17. The zero-order valence-electron chi connectivity index (χ0n) is 16.5. The van der Waals surface area contributed by atoms with Gasteiger partial charge in [0.2, 0.25) is 0 Å². The average molecular weight is 412 g/mol. The van der Waals surface area contributed by atoms with E-state index in [2.05, 4.69) is 35.7 Å². The van der Waals surface area contributed by atoms with Gasteiger partial charge in [0.25, 0.3) is 0 Å². The Hall–Kier alpha value is -2.86. The van der Waals surface area contributed by atoms with Crippen molar-refractivity contribution in [2.45, 2.75) is 23.8 Å². The Bertz CT molecular complexity index is 984. The average Bonchev–Trinajstić information content (AvgIpc) is 2.73. The normalized spacial score (nSPS) is 15.4. The van der Waals surface area contributed by atoms with Crippen LogP contribution in [0.4, 0.5) is 5.69 Å². The number of rotatable bonds is 6. The van der Waals surface area contributed by atoms with E-state index < -0.39 is 9.84 Å². The van der Waals surface area contributed by atoms with Crippen LogP contribution in [0.2, 0.25) is 0 Å². The molecule has 0 saturated carbocycles. The quantitative estimate of drug-likeness (QED) is 0.409.